The summed E-state index contributed by atoms with van der Waals surface area (Å²) in [6.45, 7) is 2.28. The summed E-state index contributed by atoms with van der Waals surface area (Å²) >= 11 is 0. The summed E-state index contributed by atoms with van der Waals surface area (Å²) in [5.41, 5.74) is 11.4. The van der Waals surface area contributed by atoms with Gasteiger partial charge in [-0.3, -0.25) is 0 Å². The van der Waals surface area contributed by atoms with Crippen molar-refractivity contribution in [3.63, 3.8) is 0 Å². The predicted octanol–water partition coefficient (Wildman–Crippen LogP) is -3.11. The molecule has 3 rings (SSSR count). The van der Waals surface area contributed by atoms with E-state index >= 15 is 0 Å². The molecule has 0 aromatic carbocycles. The fourth-order valence-corrected chi connectivity index (χ4v) is 5.30. The van der Waals surface area contributed by atoms with Crippen LogP contribution in [-0.2, 0) is 18.9 Å². The van der Waals surface area contributed by atoms with E-state index < -0.39 is 54.7 Å². The van der Waals surface area contributed by atoms with Gasteiger partial charge < -0.3 is 61.3 Å². The van der Waals surface area contributed by atoms with Gasteiger partial charge in [0.1, 0.15) is 30.0 Å². The number of nitrogens with two attached hydrogens (primary N) is 2. The summed E-state index contributed by atoms with van der Waals surface area (Å²) in [7, 11) is 7.40. The van der Waals surface area contributed by atoms with E-state index in [1.807, 2.05) is 14.1 Å². The molecular weight excluding hydrogens is 446 g/mol. The molecule has 12 heteroatoms. The van der Waals surface area contributed by atoms with Crippen LogP contribution in [-0.4, -0.2) is 134 Å². The molecular formula is C22H45N5O7. The Kier molecular flexibility index (Phi) is 9.68. The second-order valence-corrected chi connectivity index (χ2v) is 10.4. The molecule has 0 radical (unpaired) electrons. The maximum absolute atomic E-state index is 11.3. The highest BCUT2D eigenvalue weighted by Gasteiger charge is 2.51. The minimum atomic E-state index is -1.28. The van der Waals surface area contributed by atoms with Gasteiger partial charge in [-0.1, -0.05) is 0 Å². The Morgan fingerprint density at radius 2 is 1.68 bits per heavy atom. The van der Waals surface area contributed by atoms with E-state index in [1.54, 1.807) is 21.0 Å². The second kappa shape index (κ2) is 11.7. The van der Waals surface area contributed by atoms with Crippen molar-refractivity contribution in [1.82, 2.24) is 15.5 Å². The third-order valence-electron chi connectivity index (χ3n) is 7.18. The van der Waals surface area contributed by atoms with E-state index in [0.717, 1.165) is 19.4 Å². The maximum Gasteiger partial charge on any atom is 0.185 e. The summed E-state index contributed by atoms with van der Waals surface area (Å²) in [5, 5.41) is 38.6. The smallest absolute Gasteiger partial charge is 0.185 e. The molecule has 1 saturated carbocycles. The van der Waals surface area contributed by atoms with Crippen LogP contribution in [0.15, 0.2) is 0 Å². The first-order valence-electron chi connectivity index (χ1n) is 12.2. The van der Waals surface area contributed by atoms with Crippen LogP contribution in [0.4, 0.5) is 0 Å². The first kappa shape index (κ1) is 28.1. The first-order chi connectivity index (χ1) is 16.0. The Balaban J connectivity index is 1.71. The number of likely N-dealkylation sites (N-methyl/N-ethyl adjacent to an activating group) is 3. The number of rotatable bonds is 8. The van der Waals surface area contributed by atoms with Crippen molar-refractivity contribution in [1.29, 1.82) is 0 Å². The highest BCUT2D eigenvalue weighted by atomic mass is 16.7. The van der Waals surface area contributed by atoms with Crippen molar-refractivity contribution in [3.05, 3.63) is 0 Å². The molecule has 34 heavy (non-hydrogen) atoms. The zero-order valence-corrected chi connectivity index (χ0v) is 21.0. The average Bonchev–Trinajstić information content (AvgIpc) is 2.76. The first-order valence-corrected chi connectivity index (χ1v) is 12.2. The fourth-order valence-electron chi connectivity index (χ4n) is 5.30. The lowest BCUT2D eigenvalue weighted by molar-refractivity contribution is -0.307. The van der Waals surface area contributed by atoms with E-state index in [0.29, 0.717) is 6.42 Å². The van der Waals surface area contributed by atoms with Crippen LogP contribution < -0.4 is 22.1 Å². The number of nitrogens with zero attached hydrogens (tertiary/aromatic N) is 1. The Bertz CT molecular complexity index is 645. The number of aliphatic hydroxyl groups excluding tert-OH is 2. The number of aliphatic hydroxyl groups is 3. The van der Waals surface area contributed by atoms with Crippen LogP contribution in [0.25, 0.3) is 0 Å². The Morgan fingerprint density at radius 3 is 2.29 bits per heavy atom. The summed E-state index contributed by atoms with van der Waals surface area (Å²) in [6, 6.07) is -1.79. The summed E-state index contributed by atoms with van der Waals surface area (Å²) in [6.07, 6.45) is -3.58. The molecule has 0 aromatic rings. The molecule has 3 aliphatic rings. The van der Waals surface area contributed by atoms with Crippen LogP contribution in [0.3, 0.4) is 0 Å². The van der Waals surface area contributed by atoms with E-state index in [4.69, 9.17) is 30.4 Å². The topological polar surface area (TPSA) is 177 Å². The molecule has 200 valence electrons. The van der Waals surface area contributed by atoms with Crippen LogP contribution >= 0.6 is 0 Å². The van der Waals surface area contributed by atoms with Gasteiger partial charge >= 0.3 is 0 Å². The second-order valence-electron chi connectivity index (χ2n) is 10.4. The Hall–Kier alpha value is -0.480. The predicted molar refractivity (Wildman–Crippen MR) is 125 cm³/mol. The lowest BCUT2D eigenvalue weighted by Crippen LogP contribution is -2.69. The number of ether oxygens (including phenoxy) is 4. The molecule has 0 aromatic heterocycles. The normalized spacial score (nSPS) is 48.3. The number of nitrogens with one attached hydrogen (secondary N) is 2. The molecule has 0 unspecified atom stereocenters. The summed E-state index contributed by atoms with van der Waals surface area (Å²) in [4.78, 5) is 2.05. The SMILES string of the molecule is CN[C@H]1C[C@@H](N)[C@H](O[C@H]2OC[C@](C)(O)[C@H](NC)[C@H]2O)[C@@H](O)[C@@H]1O[C@H]1O[C@H](CN(C)C)CC[C@H]1N. The van der Waals surface area contributed by atoms with Crippen molar-refractivity contribution < 1.29 is 34.3 Å². The van der Waals surface area contributed by atoms with Gasteiger partial charge in [0.15, 0.2) is 12.6 Å². The lowest BCUT2D eigenvalue weighted by atomic mass is 9.83. The maximum atomic E-state index is 11.3. The Morgan fingerprint density at radius 1 is 1.00 bits per heavy atom. The minimum Gasteiger partial charge on any atom is -0.388 e. The minimum absolute atomic E-state index is 0.0140. The van der Waals surface area contributed by atoms with Crippen LogP contribution in [0.2, 0.25) is 0 Å². The average molecular weight is 492 g/mol. The van der Waals surface area contributed by atoms with Crippen molar-refractivity contribution in [2.45, 2.75) is 99.1 Å². The van der Waals surface area contributed by atoms with Gasteiger partial charge in [-0.15, -0.1) is 0 Å². The van der Waals surface area contributed by atoms with E-state index in [1.165, 1.54) is 0 Å². The summed E-state index contributed by atoms with van der Waals surface area (Å²) < 4.78 is 24.0. The molecule has 0 amide bonds. The molecule has 0 spiro atoms. The molecule has 2 aliphatic heterocycles. The van der Waals surface area contributed by atoms with Gasteiger partial charge in [-0.2, -0.15) is 0 Å². The molecule has 1 aliphatic carbocycles. The monoisotopic (exact) mass is 491 g/mol. The summed E-state index contributed by atoms with van der Waals surface area (Å²) in [5.74, 6) is 0. The third-order valence-corrected chi connectivity index (χ3v) is 7.18. The van der Waals surface area contributed by atoms with Crippen molar-refractivity contribution >= 4 is 0 Å². The molecule has 12 atom stereocenters. The Labute approximate surface area is 202 Å². The zero-order valence-electron chi connectivity index (χ0n) is 21.0. The van der Waals surface area contributed by atoms with Gasteiger partial charge in [-0.05, 0) is 54.4 Å². The van der Waals surface area contributed by atoms with Crippen molar-refractivity contribution in [3.8, 4) is 0 Å². The van der Waals surface area contributed by atoms with Crippen molar-refractivity contribution in [2.75, 3.05) is 41.3 Å². The third kappa shape index (κ3) is 6.25. The molecule has 0 bridgehead atoms. The van der Waals surface area contributed by atoms with E-state index in [9.17, 15) is 15.3 Å². The lowest BCUT2D eigenvalue weighted by Gasteiger charge is -2.49. The van der Waals surface area contributed by atoms with Crippen LogP contribution in [0, 0.1) is 0 Å². The van der Waals surface area contributed by atoms with Gasteiger partial charge in [0.25, 0.3) is 0 Å². The standard InChI is InChI=1S/C22H45N5O7/c1-22(30)10-31-21(16(29)19(22)26-3)33-17-13(24)8-14(25-2)18(15(17)28)34-20-12(23)7-6-11(32-20)9-27(4)5/h11-21,25-26,28-30H,6-10,23-24H2,1-5H3/t11-,12+,13+,14-,15+,16+,17-,18+,19+,20+,21+,22-/m0/s1. The van der Waals surface area contributed by atoms with Crippen LogP contribution in [0.5, 0.6) is 0 Å². The zero-order chi connectivity index (χ0) is 25.2. The molecule has 2 saturated heterocycles. The van der Waals surface area contributed by atoms with Gasteiger partial charge in [0.2, 0.25) is 0 Å². The molecule has 2 heterocycles. The van der Waals surface area contributed by atoms with Gasteiger partial charge in [-0.25, -0.2) is 0 Å². The number of hydrogen-bond donors (Lipinski definition) is 7. The largest absolute Gasteiger partial charge is 0.388 e. The van der Waals surface area contributed by atoms with Gasteiger partial charge in [0, 0.05) is 18.6 Å². The molecule has 12 nitrogen and oxygen atoms in total. The van der Waals surface area contributed by atoms with E-state index in [2.05, 4.69) is 15.5 Å². The highest BCUT2D eigenvalue weighted by molar-refractivity contribution is 5.02. The molecule has 9 N–H and O–H groups in total. The van der Waals surface area contributed by atoms with Crippen LogP contribution in [0.1, 0.15) is 26.2 Å². The number of hydrogen-bond acceptors (Lipinski definition) is 12. The van der Waals surface area contributed by atoms with E-state index in [-0.39, 0.29) is 24.8 Å². The quantitative estimate of drug-likeness (QED) is 0.182. The fraction of sp³-hybridized carbons (Fsp3) is 1.00. The highest BCUT2D eigenvalue weighted by Crippen LogP contribution is 2.32. The van der Waals surface area contributed by atoms with Gasteiger partial charge in [0.05, 0.1) is 24.8 Å². The molecule has 3 fully saturated rings. The van der Waals surface area contributed by atoms with Crippen molar-refractivity contribution in [2.24, 2.45) is 11.5 Å².